The summed E-state index contributed by atoms with van der Waals surface area (Å²) < 4.78 is 9.33. The largest absolute Gasteiger partial charge is 0.487 e. The Kier molecular flexibility index (Phi) is 7.18. The van der Waals surface area contributed by atoms with Gasteiger partial charge < -0.3 is 9.84 Å². The van der Waals surface area contributed by atoms with Crippen molar-refractivity contribution in [2.45, 2.75) is 58.6 Å². The Hall–Kier alpha value is -1.91. The molecular formula is C19H27N3O3S. The lowest BCUT2D eigenvalue weighted by molar-refractivity contribution is 0.136. The quantitative estimate of drug-likeness (QED) is 0.640. The van der Waals surface area contributed by atoms with Crippen molar-refractivity contribution in [2.24, 2.45) is 0 Å². The summed E-state index contributed by atoms with van der Waals surface area (Å²) in [6.07, 6.45) is 2.18. The van der Waals surface area contributed by atoms with Crippen molar-refractivity contribution in [3.8, 4) is 11.8 Å². The molecule has 2 rings (SSSR count). The summed E-state index contributed by atoms with van der Waals surface area (Å²) in [5.41, 5.74) is 1.73. The van der Waals surface area contributed by atoms with Crippen LogP contribution in [0.1, 0.15) is 51.2 Å². The van der Waals surface area contributed by atoms with Crippen molar-refractivity contribution in [3.05, 3.63) is 29.3 Å². The number of amides is 1. The van der Waals surface area contributed by atoms with E-state index in [1.807, 2.05) is 36.4 Å². The number of nitriles is 1. The Balaban J connectivity index is 2.13. The SMILES string of the molecule is CCCCN(CCC#N)SN(Cc1cccc2c1OC(C)(C)C2)C(=O)O. The van der Waals surface area contributed by atoms with Crippen molar-refractivity contribution in [1.82, 2.24) is 8.61 Å². The molecule has 26 heavy (non-hydrogen) atoms. The molecule has 1 heterocycles. The fraction of sp³-hybridized carbons (Fsp3) is 0.579. The van der Waals surface area contributed by atoms with E-state index in [-0.39, 0.29) is 12.1 Å². The van der Waals surface area contributed by atoms with E-state index in [0.717, 1.165) is 42.7 Å². The summed E-state index contributed by atoms with van der Waals surface area (Å²) in [6.45, 7) is 7.71. The molecule has 0 aliphatic carbocycles. The maximum atomic E-state index is 11.8. The molecule has 0 radical (unpaired) electrons. The number of fused-ring (bicyclic) bond motifs is 1. The summed E-state index contributed by atoms with van der Waals surface area (Å²) in [6, 6.07) is 8.03. The summed E-state index contributed by atoms with van der Waals surface area (Å²) >= 11 is 1.18. The van der Waals surface area contributed by atoms with Crippen LogP contribution in [0.15, 0.2) is 18.2 Å². The molecular weight excluding hydrogens is 350 g/mol. The first kappa shape index (κ1) is 20.4. The molecule has 6 nitrogen and oxygen atoms in total. The third-order valence-electron chi connectivity index (χ3n) is 4.15. The van der Waals surface area contributed by atoms with E-state index < -0.39 is 6.09 Å². The van der Waals surface area contributed by atoms with Gasteiger partial charge in [0.2, 0.25) is 0 Å². The highest BCUT2D eigenvalue weighted by molar-refractivity contribution is 7.95. The minimum atomic E-state index is -0.997. The van der Waals surface area contributed by atoms with Gasteiger partial charge >= 0.3 is 6.09 Å². The Morgan fingerprint density at radius 2 is 2.19 bits per heavy atom. The topological polar surface area (TPSA) is 76.8 Å². The van der Waals surface area contributed by atoms with E-state index in [1.54, 1.807) is 0 Å². The highest BCUT2D eigenvalue weighted by Gasteiger charge is 2.32. The Bertz CT molecular complexity index is 672. The Morgan fingerprint density at radius 1 is 1.42 bits per heavy atom. The number of ether oxygens (including phenoxy) is 1. The smallest absolute Gasteiger partial charge is 0.418 e. The number of rotatable bonds is 9. The average molecular weight is 378 g/mol. The second-order valence-corrected chi connectivity index (χ2v) is 8.16. The first-order chi connectivity index (χ1) is 12.4. The van der Waals surface area contributed by atoms with Gasteiger partial charge in [-0.2, -0.15) is 5.26 Å². The number of benzene rings is 1. The van der Waals surface area contributed by atoms with E-state index in [4.69, 9.17) is 10.00 Å². The van der Waals surface area contributed by atoms with Crippen LogP contribution in [-0.2, 0) is 13.0 Å². The van der Waals surface area contributed by atoms with Gasteiger partial charge in [-0.15, -0.1) is 0 Å². The van der Waals surface area contributed by atoms with Crippen LogP contribution >= 0.6 is 12.1 Å². The molecule has 0 spiro atoms. The summed E-state index contributed by atoms with van der Waals surface area (Å²) in [5.74, 6) is 0.807. The standard InChI is InChI=1S/C19H27N3O3S/c1-4-5-11-21(12-7-10-20)26-22(18(23)24)14-16-9-6-8-15-13-19(2,3)25-17(15)16/h6,8-9H,4-5,7,11-14H2,1-3H3,(H,23,24). The van der Waals surface area contributed by atoms with Crippen LogP contribution in [0, 0.1) is 11.3 Å². The van der Waals surface area contributed by atoms with Gasteiger partial charge in [-0.3, -0.25) is 0 Å². The minimum Gasteiger partial charge on any atom is -0.487 e. The van der Waals surface area contributed by atoms with Crippen molar-refractivity contribution >= 4 is 18.2 Å². The van der Waals surface area contributed by atoms with Gasteiger partial charge in [0, 0.05) is 43.6 Å². The van der Waals surface area contributed by atoms with E-state index in [2.05, 4.69) is 13.0 Å². The number of carbonyl (C=O) groups is 1. The molecule has 1 amide bonds. The fourth-order valence-corrected chi connectivity index (χ4v) is 3.86. The van der Waals surface area contributed by atoms with Crippen LogP contribution in [0.2, 0.25) is 0 Å². The maximum absolute atomic E-state index is 11.8. The predicted octanol–water partition coefficient (Wildman–Crippen LogP) is 4.46. The lowest BCUT2D eigenvalue weighted by atomic mass is 10.0. The Labute approximate surface area is 160 Å². The molecule has 0 atom stereocenters. The zero-order chi connectivity index (χ0) is 19.2. The number of unbranched alkanes of at least 4 members (excludes halogenated alkanes) is 1. The van der Waals surface area contributed by atoms with Crippen LogP contribution in [-0.4, -0.2) is 38.5 Å². The third-order valence-corrected chi connectivity index (χ3v) is 5.23. The Morgan fingerprint density at radius 3 is 2.85 bits per heavy atom. The lowest BCUT2D eigenvalue weighted by Gasteiger charge is -2.27. The van der Waals surface area contributed by atoms with E-state index in [0.29, 0.717) is 13.0 Å². The average Bonchev–Trinajstić information content (AvgIpc) is 2.91. The van der Waals surface area contributed by atoms with Gasteiger partial charge in [-0.1, -0.05) is 31.5 Å². The minimum absolute atomic E-state index is 0.244. The van der Waals surface area contributed by atoms with Crippen molar-refractivity contribution < 1.29 is 14.6 Å². The third kappa shape index (κ3) is 5.55. The van der Waals surface area contributed by atoms with E-state index >= 15 is 0 Å². The van der Waals surface area contributed by atoms with Gasteiger partial charge in [-0.05, 0) is 25.8 Å². The van der Waals surface area contributed by atoms with Gasteiger partial charge in [0.05, 0.1) is 12.6 Å². The number of nitrogens with zero attached hydrogens (tertiary/aromatic N) is 3. The van der Waals surface area contributed by atoms with Gasteiger partial charge in [-0.25, -0.2) is 13.4 Å². The maximum Gasteiger partial charge on any atom is 0.418 e. The second-order valence-electron chi connectivity index (χ2n) is 7.04. The number of hydrogen-bond donors (Lipinski definition) is 1. The predicted molar refractivity (Wildman–Crippen MR) is 103 cm³/mol. The molecule has 1 aliphatic heterocycles. The normalized spacial score (nSPS) is 14.6. The van der Waals surface area contributed by atoms with Crippen LogP contribution in [0.4, 0.5) is 4.79 Å². The molecule has 1 aromatic carbocycles. The van der Waals surface area contributed by atoms with Crippen LogP contribution in [0.5, 0.6) is 5.75 Å². The molecule has 0 saturated heterocycles. The van der Waals surface area contributed by atoms with Gasteiger partial charge in [0.25, 0.3) is 0 Å². The summed E-state index contributed by atoms with van der Waals surface area (Å²) in [5, 5.41) is 18.5. The molecule has 0 saturated carbocycles. The first-order valence-corrected chi connectivity index (χ1v) is 9.69. The summed E-state index contributed by atoms with van der Waals surface area (Å²) in [4.78, 5) is 11.8. The van der Waals surface area contributed by atoms with Crippen molar-refractivity contribution in [3.63, 3.8) is 0 Å². The molecule has 1 aliphatic rings. The number of hydrogen-bond acceptors (Lipinski definition) is 5. The molecule has 1 N–H and O–H groups in total. The van der Waals surface area contributed by atoms with Gasteiger partial charge in [0.1, 0.15) is 11.4 Å². The first-order valence-electron chi connectivity index (χ1n) is 8.96. The van der Waals surface area contributed by atoms with Crippen LogP contribution < -0.4 is 4.74 Å². The van der Waals surface area contributed by atoms with Crippen molar-refractivity contribution in [1.29, 1.82) is 5.26 Å². The molecule has 0 bridgehead atoms. The monoisotopic (exact) mass is 377 g/mol. The zero-order valence-corrected chi connectivity index (χ0v) is 16.5. The fourth-order valence-electron chi connectivity index (χ4n) is 2.93. The molecule has 1 aromatic rings. The number of para-hydroxylation sites is 1. The highest BCUT2D eigenvalue weighted by atomic mass is 32.2. The molecule has 0 aromatic heterocycles. The van der Waals surface area contributed by atoms with Crippen LogP contribution in [0.3, 0.4) is 0 Å². The molecule has 0 fully saturated rings. The van der Waals surface area contributed by atoms with Gasteiger partial charge in [0.15, 0.2) is 0 Å². The van der Waals surface area contributed by atoms with E-state index in [1.165, 1.54) is 16.4 Å². The molecule has 7 heteroatoms. The molecule has 142 valence electrons. The lowest BCUT2D eigenvalue weighted by Crippen LogP contribution is -2.30. The summed E-state index contributed by atoms with van der Waals surface area (Å²) in [7, 11) is 0. The van der Waals surface area contributed by atoms with E-state index in [9.17, 15) is 9.90 Å². The van der Waals surface area contributed by atoms with Crippen LogP contribution in [0.25, 0.3) is 0 Å². The van der Waals surface area contributed by atoms with Crippen molar-refractivity contribution in [2.75, 3.05) is 13.1 Å². The number of carboxylic acid groups (broad SMARTS) is 1. The zero-order valence-electron chi connectivity index (χ0n) is 15.7. The molecule has 0 unspecified atom stereocenters. The highest BCUT2D eigenvalue weighted by Crippen LogP contribution is 2.38. The second kappa shape index (κ2) is 9.15.